The molecule has 2 heterocycles. The first-order valence-electron chi connectivity index (χ1n) is 7.12. The van der Waals surface area contributed by atoms with Crippen molar-refractivity contribution >= 4 is 17.8 Å². The van der Waals surface area contributed by atoms with Gasteiger partial charge in [0, 0.05) is 19.2 Å². The third-order valence-electron chi connectivity index (χ3n) is 3.76. The number of esters is 1. The average Bonchev–Trinajstić information content (AvgIpc) is 2.74. The first-order chi connectivity index (χ1) is 10.5. The van der Waals surface area contributed by atoms with Gasteiger partial charge in [0.1, 0.15) is 18.7 Å². The van der Waals surface area contributed by atoms with Gasteiger partial charge >= 0.3 is 11.9 Å². The highest BCUT2D eigenvalue weighted by Crippen LogP contribution is 2.21. The maximum absolute atomic E-state index is 11.9. The molecule has 1 N–H and O–H groups in total. The Balaban J connectivity index is 2.09. The Morgan fingerprint density at radius 1 is 1.41 bits per heavy atom. The summed E-state index contributed by atoms with van der Waals surface area (Å²) in [5, 5.41) is 8.71. The van der Waals surface area contributed by atoms with Crippen molar-refractivity contribution in [3.63, 3.8) is 0 Å². The van der Waals surface area contributed by atoms with Crippen LogP contribution < -0.4 is 10.5 Å². The molecule has 1 atom stereocenters. The molecular formula is C14H19N3O5. The van der Waals surface area contributed by atoms with Gasteiger partial charge in [-0.3, -0.25) is 19.0 Å². The Morgan fingerprint density at radius 2 is 2.18 bits per heavy atom. The van der Waals surface area contributed by atoms with E-state index in [4.69, 9.17) is 9.84 Å². The van der Waals surface area contributed by atoms with E-state index >= 15 is 0 Å². The van der Waals surface area contributed by atoms with E-state index in [2.05, 4.69) is 4.98 Å². The normalized spacial score (nSPS) is 18.6. The molecule has 1 saturated heterocycles. The fraction of sp³-hybridized carbons (Fsp3) is 0.571. The third kappa shape index (κ3) is 3.84. The molecule has 22 heavy (non-hydrogen) atoms. The van der Waals surface area contributed by atoms with Gasteiger partial charge in [-0.25, -0.2) is 4.98 Å². The SMILES string of the molecule is COC(=O)C1CCCN(c2cc(=O)n(CC(=O)O)cn2)CC1. The van der Waals surface area contributed by atoms with Crippen LogP contribution in [0.1, 0.15) is 19.3 Å². The van der Waals surface area contributed by atoms with Gasteiger partial charge in [0.15, 0.2) is 0 Å². The highest BCUT2D eigenvalue weighted by Gasteiger charge is 2.24. The second-order valence-electron chi connectivity index (χ2n) is 5.25. The van der Waals surface area contributed by atoms with Crippen LogP contribution in [0.2, 0.25) is 0 Å². The molecule has 0 bridgehead atoms. The van der Waals surface area contributed by atoms with E-state index in [1.54, 1.807) is 0 Å². The zero-order valence-electron chi connectivity index (χ0n) is 12.4. The molecule has 1 aliphatic rings. The summed E-state index contributed by atoms with van der Waals surface area (Å²) in [6, 6.07) is 1.33. The average molecular weight is 309 g/mol. The van der Waals surface area contributed by atoms with Gasteiger partial charge in [-0.1, -0.05) is 0 Å². The van der Waals surface area contributed by atoms with E-state index < -0.39 is 18.1 Å². The predicted octanol–water partition coefficient (Wildman–Crippen LogP) is 0.107. The van der Waals surface area contributed by atoms with Gasteiger partial charge < -0.3 is 14.7 Å². The molecule has 0 saturated carbocycles. The molecule has 8 heteroatoms. The number of nitrogens with zero attached hydrogens (tertiary/aromatic N) is 3. The first kappa shape index (κ1) is 16.0. The quantitative estimate of drug-likeness (QED) is 0.787. The molecule has 1 aromatic heterocycles. The molecule has 120 valence electrons. The number of rotatable bonds is 4. The Kier molecular flexibility index (Phi) is 5.13. The summed E-state index contributed by atoms with van der Waals surface area (Å²) in [5.74, 6) is -0.904. The molecule has 0 radical (unpaired) electrons. The lowest BCUT2D eigenvalue weighted by molar-refractivity contribution is -0.145. The topological polar surface area (TPSA) is 102 Å². The number of aromatic nitrogens is 2. The van der Waals surface area contributed by atoms with Crippen molar-refractivity contribution in [2.24, 2.45) is 5.92 Å². The number of methoxy groups -OCH3 is 1. The summed E-state index contributed by atoms with van der Waals surface area (Å²) in [4.78, 5) is 40.2. The molecular weight excluding hydrogens is 290 g/mol. The Labute approximate surface area is 127 Å². The Bertz CT molecular complexity index is 613. The predicted molar refractivity (Wildman–Crippen MR) is 77.7 cm³/mol. The number of carbonyl (C=O) groups is 2. The van der Waals surface area contributed by atoms with E-state index in [-0.39, 0.29) is 11.9 Å². The highest BCUT2D eigenvalue weighted by molar-refractivity contribution is 5.72. The zero-order valence-corrected chi connectivity index (χ0v) is 12.4. The van der Waals surface area contributed by atoms with E-state index in [0.717, 1.165) is 17.4 Å². The number of aliphatic carboxylic acids is 1. The highest BCUT2D eigenvalue weighted by atomic mass is 16.5. The number of hydrogen-bond donors (Lipinski definition) is 1. The molecule has 1 aliphatic heterocycles. The molecule has 1 unspecified atom stereocenters. The molecule has 0 aromatic carbocycles. The van der Waals surface area contributed by atoms with Crippen molar-refractivity contribution in [2.45, 2.75) is 25.8 Å². The van der Waals surface area contributed by atoms with Crippen LogP contribution in [-0.2, 0) is 20.9 Å². The fourth-order valence-electron chi connectivity index (χ4n) is 2.58. The molecule has 2 rings (SSSR count). The van der Waals surface area contributed by atoms with E-state index in [0.29, 0.717) is 25.3 Å². The van der Waals surface area contributed by atoms with Gasteiger partial charge in [0.2, 0.25) is 0 Å². The standard InChI is InChI=1S/C14H19N3O5/c1-22-14(21)10-3-2-5-16(6-4-10)11-7-12(18)17(9-15-11)8-13(19)20/h7,9-10H,2-6,8H2,1H3,(H,19,20). The van der Waals surface area contributed by atoms with Crippen molar-refractivity contribution in [1.29, 1.82) is 0 Å². The van der Waals surface area contributed by atoms with Crippen molar-refractivity contribution in [2.75, 3.05) is 25.1 Å². The fourth-order valence-corrected chi connectivity index (χ4v) is 2.58. The molecule has 0 amide bonds. The number of hydrogen-bond acceptors (Lipinski definition) is 6. The lowest BCUT2D eigenvalue weighted by Gasteiger charge is -2.21. The summed E-state index contributed by atoms with van der Waals surface area (Å²) in [6.45, 7) is 0.897. The number of ether oxygens (including phenoxy) is 1. The van der Waals surface area contributed by atoms with Crippen LogP contribution in [0.3, 0.4) is 0 Å². The molecule has 1 aromatic rings. The van der Waals surface area contributed by atoms with Crippen molar-refractivity contribution < 1.29 is 19.4 Å². The number of carboxylic acids is 1. The third-order valence-corrected chi connectivity index (χ3v) is 3.76. The first-order valence-corrected chi connectivity index (χ1v) is 7.12. The Morgan fingerprint density at radius 3 is 2.82 bits per heavy atom. The lowest BCUT2D eigenvalue weighted by atomic mass is 10.0. The number of anilines is 1. The van der Waals surface area contributed by atoms with Crippen LogP contribution >= 0.6 is 0 Å². The monoisotopic (exact) mass is 309 g/mol. The molecule has 8 nitrogen and oxygen atoms in total. The summed E-state index contributed by atoms with van der Waals surface area (Å²) < 4.78 is 5.82. The summed E-state index contributed by atoms with van der Waals surface area (Å²) in [6.07, 6.45) is 3.44. The van der Waals surface area contributed by atoms with Gasteiger partial charge in [-0.2, -0.15) is 0 Å². The minimum atomic E-state index is -1.09. The van der Waals surface area contributed by atoms with Crippen LogP contribution in [0.4, 0.5) is 5.82 Å². The van der Waals surface area contributed by atoms with Crippen molar-refractivity contribution in [3.05, 3.63) is 22.7 Å². The van der Waals surface area contributed by atoms with Crippen LogP contribution in [0, 0.1) is 5.92 Å². The maximum atomic E-state index is 11.9. The Hall–Kier alpha value is -2.38. The summed E-state index contributed by atoms with van der Waals surface area (Å²) in [7, 11) is 1.38. The van der Waals surface area contributed by atoms with Gasteiger partial charge in [0.25, 0.3) is 5.56 Å². The minimum absolute atomic E-state index is 0.123. The number of carboxylic acid groups (broad SMARTS) is 1. The van der Waals surface area contributed by atoms with Crippen LogP contribution in [0.5, 0.6) is 0 Å². The molecule has 0 spiro atoms. The second kappa shape index (κ2) is 7.06. The smallest absolute Gasteiger partial charge is 0.323 e. The minimum Gasteiger partial charge on any atom is -0.480 e. The van der Waals surface area contributed by atoms with Gasteiger partial charge in [-0.15, -0.1) is 0 Å². The van der Waals surface area contributed by atoms with Crippen molar-refractivity contribution in [1.82, 2.24) is 9.55 Å². The van der Waals surface area contributed by atoms with Crippen molar-refractivity contribution in [3.8, 4) is 0 Å². The summed E-state index contributed by atoms with van der Waals surface area (Å²) >= 11 is 0. The van der Waals surface area contributed by atoms with E-state index in [1.165, 1.54) is 19.5 Å². The summed E-state index contributed by atoms with van der Waals surface area (Å²) in [5.41, 5.74) is -0.402. The van der Waals surface area contributed by atoms with Gasteiger partial charge in [-0.05, 0) is 19.3 Å². The van der Waals surface area contributed by atoms with Crippen LogP contribution in [-0.4, -0.2) is 46.8 Å². The van der Waals surface area contributed by atoms with Crippen LogP contribution in [0.25, 0.3) is 0 Å². The van der Waals surface area contributed by atoms with E-state index in [1.807, 2.05) is 4.90 Å². The van der Waals surface area contributed by atoms with E-state index in [9.17, 15) is 14.4 Å². The maximum Gasteiger partial charge on any atom is 0.323 e. The number of carbonyl (C=O) groups excluding carboxylic acids is 1. The van der Waals surface area contributed by atoms with Crippen LogP contribution in [0.15, 0.2) is 17.2 Å². The lowest BCUT2D eigenvalue weighted by Crippen LogP contribution is -2.30. The second-order valence-corrected chi connectivity index (χ2v) is 5.25. The zero-order chi connectivity index (χ0) is 16.1. The molecule has 0 aliphatic carbocycles. The largest absolute Gasteiger partial charge is 0.480 e. The molecule has 1 fully saturated rings. The van der Waals surface area contributed by atoms with Gasteiger partial charge in [0.05, 0.1) is 13.0 Å².